The number of pyridine rings is 1. The van der Waals surface area contributed by atoms with Crippen molar-refractivity contribution in [2.75, 3.05) is 31.5 Å². The predicted octanol–water partition coefficient (Wildman–Crippen LogP) is 0.506. The van der Waals surface area contributed by atoms with Crippen LogP contribution in [0.15, 0.2) is 18.3 Å². The zero-order valence-corrected chi connectivity index (χ0v) is 12.6. The minimum atomic E-state index is -0.510. The molecule has 2 heterocycles. The second kappa shape index (κ2) is 8.05. The molecule has 1 unspecified atom stereocenters. The number of hydrogen-bond acceptors (Lipinski definition) is 7. The molecule has 2 N–H and O–H groups in total. The molecular formula is C14H18N6O3. The Labute approximate surface area is 133 Å². The van der Waals surface area contributed by atoms with Gasteiger partial charge in [0.2, 0.25) is 5.91 Å². The Hall–Kier alpha value is -2.73. The van der Waals surface area contributed by atoms with Gasteiger partial charge >= 0.3 is 0 Å². The Balaban J connectivity index is 1.66. The smallest absolute Gasteiger partial charge is 0.287 e. The zero-order valence-electron chi connectivity index (χ0n) is 12.6. The Morgan fingerprint density at radius 2 is 2.35 bits per heavy atom. The van der Waals surface area contributed by atoms with E-state index >= 15 is 0 Å². The standard InChI is InChI=1S/C14H18N6O3/c15-8-11-2-1-7-19(11)10-14(21)17-6-5-16-13-4-3-12(9-18-13)20(22)23/h3-4,9,11H,1-2,5-7,10H2,(H,16,18)(H,17,21). The van der Waals surface area contributed by atoms with Gasteiger partial charge in [0.25, 0.3) is 5.69 Å². The minimum Gasteiger partial charge on any atom is -0.368 e. The van der Waals surface area contributed by atoms with E-state index < -0.39 is 4.92 Å². The van der Waals surface area contributed by atoms with Crippen LogP contribution in [0.2, 0.25) is 0 Å². The molecular weight excluding hydrogens is 300 g/mol. The third kappa shape index (κ3) is 4.89. The van der Waals surface area contributed by atoms with Crippen LogP contribution in [0, 0.1) is 21.4 Å². The molecule has 23 heavy (non-hydrogen) atoms. The van der Waals surface area contributed by atoms with Crippen LogP contribution in [-0.2, 0) is 4.79 Å². The van der Waals surface area contributed by atoms with Gasteiger partial charge in [-0.15, -0.1) is 0 Å². The number of nitrogens with zero attached hydrogens (tertiary/aromatic N) is 4. The summed E-state index contributed by atoms with van der Waals surface area (Å²) in [6.45, 7) is 1.87. The fourth-order valence-electron chi connectivity index (χ4n) is 2.39. The van der Waals surface area contributed by atoms with Gasteiger partial charge in [-0.3, -0.25) is 19.8 Å². The van der Waals surface area contributed by atoms with Crippen LogP contribution >= 0.6 is 0 Å². The fourth-order valence-corrected chi connectivity index (χ4v) is 2.39. The molecule has 1 aromatic heterocycles. The SMILES string of the molecule is N#CC1CCCN1CC(=O)NCCNc1ccc([N+](=O)[O-])cn1. The van der Waals surface area contributed by atoms with Gasteiger partial charge in [-0.2, -0.15) is 5.26 Å². The van der Waals surface area contributed by atoms with Gasteiger partial charge in [-0.25, -0.2) is 4.98 Å². The van der Waals surface area contributed by atoms with E-state index in [1.165, 1.54) is 18.3 Å². The Morgan fingerprint density at radius 3 is 3.00 bits per heavy atom. The van der Waals surface area contributed by atoms with Crippen molar-refractivity contribution < 1.29 is 9.72 Å². The first-order chi connectivity index (χ1) is 11.1. The minimum absolute atomic E-state index is 0.0680. The summed E-state index contributed by atoms with van der Waals surface area (Å²) in [7, 11) is 0. The Kier molecular flexibility index (Phi) is 5.82. The Morgan fingerprint density at radius 1 is 1.52 bits per heavy atom. The highest BCUT2D eigenvalue weighted by molar-refractivity contribution is 5.78. The van der Waals surface area contributed by atoms with Crippen molar-refractivity contribution >= 4 is 17.4 Å². The van der Waals surface area contributed by atoms with Gasteiger partial charge in [0.15, 0.2) is 0 Å². The number of rotatable bonds is 7. The Bertz CT molecular complexity index is 598. The summed E-state index contributed by atoms with van der Waals surface area (Å²) in [5, 5.41) is 25.2. The largest absolute Gasteiger partial charge is 0.368 e. The lowest BCUT2D eigenvalue weighted by Gasteiger charge is -2.18. The van der Waals surface area contributed by atoms with Crippen molar-refractivity contribution in [1.29, 1.82) is 5.26 Å². The number of carbonyl (C=O) groups excluding carboxylic acids is 1. The first-order valence-electron chi connectivity index (χ1n) is 7.35. The van der Waals surface area contributed by atoms with E-state index in [9.17, 15) is 14.9 Å². The lowest BCUT2D eigenvalue weighted by Crippen LogP contribution is -2.40. The number of carbonyl (C=O) groups is 1. The number of likely N-dealkylation sites (tertiary alicyclic amines) is 1. The van der Waals surface area contributed by atoms with Crippen LogP contribution in [0.3, 0.4) is 0 Å². The maximum Gasteiger partial charge on any atom is 0.287 e. The molecule has 2 rings (SSSR count). The van der Waals surface area contributed by atoms with E-state index in [1.54, 1.807) is 0 Å². The molecule has 0 bridgehead atoms. The third-order valence-corrected chi connectivity index (χ3v) is 3.57. The maximum absolute atomic E-state index is 11.8. The second-order valence-corrected chi connectivity index (χ2v) is 5.19. The average molecular weight is 318 g/mol. The molecule has 0 radical (unpaired) electrons. The number of nitriles is 1. The van der Waals surface area contributed by atoms with Crippen LogP contribution in [0.5, 0.6) is 0 Å². The molecule has 9 nitrogen and oxygen atoms in total. The molecule has 1 atom stereocenters. The van der Waals surface area contributed by atoms with Crippen molar-refractivity contribution in [2.45, 2.75) is 18.9 Å². The predicted molar refractivity (Wildman–Crippen MR) is 82.6 cm³/mol. The number of hydrogen-bond donors (Lipinski definition) is 2. The summed E-state index contributed by atoms with van der Waals surface area (Å²) in [4.78, 5) is 27.6. The van der Waals surface area contributed by atoms with Crippen LogP contribution in [0.4, 0.5) is 11.5 Å². The van der Waals surface area contributed by atoms with E-state index in [4.69, 9.17) is 5.26 Å². The maximum atomic E-state index is 11.8. The molecule has 0 aromatic carbocycles. The quantitative estimate of drug-likeness (QED) is 0.426. The van der Waals surface area contributed by atoms with E-state index in [1.807, 2.05) is 4.90 Å². The average Bonchev–Trinajstić information content (AvgIpc) is 2.99. The molecule has 0 spiro atoms. The first-order valence-corrected chi connectivity index (χ1v) is 7.35. The van der Waals surface area contributed by atoms with Crippen molar-refractivity contribution in [3.05, 3.63) is 28.4 Å². The van der Waals surface area contributed by atoms with Gasteiger partial charge in [0, 0.05) is 25.7 Å². The van der Waals surface area contributed by atoms with E-state index in [0.29, 0.717) is 18.9 Å². The molecule has 9 heteroatoms. The highest BCUT2D eigenvalue weighted by Gasteiger charge is 2.25. The van der Waals surface area contributed by atoms with E-state index in [2.05, 4.69) is 21.7 Å². The molecule has 0 saturated carbocycles. The normalized spacial score (nSPS) is 17.4. The molecule has 1 fully saturated rings. The van der Waals surface area contributed by atoms with Crippen molar-refractivity contribution in [3.8, 4) is 6.07 Å². The van der Waals surface area contributed by atoms with Crippen LogP contribution in [0.1, 0.15) is 12.8 Å². The van der Waals surface area contributed by atoms with Gasteiger partial charge in [-0.1, -0.05) is 0 Å². The molecule has 0 aliphatic carbocycles. The summed E-state index contributed by atoms with van der Waals surface area (Å²) in [6.07, 6.45) is 2.94. The summed E-state index contributed by atoms with van der Waals surface area (Å²) in [5.74, 6) is 0.388. The lowest BCUT2D eigenvalue weighted by atomic mass is 10.2. The van der Waals surface area contributed by atoms with Gasteiger partial charge < -0.3 is 10.6 Å². The molecule has 1 amide bonds. The fraction of sp³-hybridized carbons (Fsp3) is 0.500. The highest BCUT2D eigenvalue weighted by Crippen LogP contribution is 2.15. The molecule has 1 aliphatic heterocycles. The monoisotopic (exact) mass is 318 g/mol. The van der Waals surface area contributed by atoms with Gasteiger partial charge in [0.05, 0.1) is 23.6 Å². The number of amides is 1. The van der Waals surface area contributed by atoms with Crippen LogP contribution in [-0.4, -0.2) is 52.9 Å². The third-order valence-electron chi connectivity index (χ3n) is 3.57. The lowest BCUT2D eigenvalue weighted by molar-refractivity contribution is -0.385. The summed E-state index contributed by atoms with van der Waals surface area (Å²) in [5.41, 5.74) is -0.0680. The molecule has 1 aromatic rings. The van der Waals surface area contributed by atoms with Crippen molar-refractivity contribution in [3.63, 3.8) is 0 Å². The molecule has 122 valence electrons. The van der Waals surface area contributed by atoms with Crippen molar-refractivity contribution in [1.82, 2.24) is 15.2 Å². The number of nitro groups is 1. The highest BCUT2D eigenvalue weighted by atomic mass is 16.6. The molecule has 1 saturated heterocycles. The van der Waals surface area contributed by atoms with Crippen LogP contribution < -0.4 is 10.6 Å². The number of anilines is 1. The number of aromatic nitrogens is 1. The summed E-state index contributed by atoms with van der Waals surface area (Å²) >= 11 is 0. The second-order valence-electron chi connectivity index (χ2n) is 5.19. The topological polar surface area (TPSA) is 124 Å². The van der Waals surface area contributed by atoms with Crippen molar-refractivity contribution in [2.24, 2.45) is 0 Å². The summed E-state index contributed by atoms with van der Waals surface area (Å²) in [6, 6.07) is 4.91. The first kappa shape index (κ1) is 16.6. The zero-order chi connectivity index (χ0) is 16.7. The summed E-state index contributed by atoms with van der Waals surface area (Å²) < 4.78 is 0. The number of nitrogens with one attached hydrogen (secondary N) is 2. The van der Waals surface area contributed by atoms with Crippen LogP contribution in [0.25, 0.3) is 0 Å². The van der Waals surface area contributed by atoms with Gasteiger partial charge in [-0.05, 0) is 18.9 Å². The van der Waals surface area contributed by atoms with E-state index in [0.717, 1.165) is 19.4 Å². The van der Waals surface area contributed by atoms with E-state index in [-0.39, 0.29) is 24.2 Å². The molecule has 1 aliphatic rings. The van der Waals surface area contributed by atoms with Gasteiger partial charge in [0.1, 0.15) is 12.0 Å².